The third kappa shape index (κ3) is 2.42. The molecule has 0 radical (unpaired) electrons. The molecule has 8 heteroatoms. The first-order valence-electron chi connectivity index (χ1n) is 7.46. The first-order chi connectivity index (χ1) is 10.3. The van der Waals surface area contributed by atoms with Crippen LogP contribution in [-0.4, -0.2) is 46.0 Å². The number of carbonyl (C=O) groups is 2. The molecule has 0 N–H and O–H groups in total. The molecule has 3 fully saturated rings. The summed E-state index contributed by atoms with van der Waals surface area (Å²) >= 11 is 12.4. The van der Waals surface area contributed by atoms with Gasteiger partial charge in [0, 0.05) is 6.42 Å². The first-order valence-corrected chi connectivity index (χ1v) is 8.21. The molecule has 2 saturated heterocycles. The maximum Gasteiger partial charge on any atom is 0.311 e. The zero-order valence-electron chi connectivity index (χ0n) is 13.6. The highest BCUT2D eigenvalue weighted by Gasteiger charge is 2.78. The van der Waals surface area contributed by atoms with Crippen molar-refractivity contribution in [3.63, 3.8) is 0 Å². The van der Waals surface area contributed by atoms with Gasteiger partial charge in [-0.15, -0.1) is 0 Å². The molecule has 0 bridgehead atoms. The molecule has 0 amide bonds. The monoisotopic (exact) mass is 366 g/mol. The van der Waals surface area contributed by atoms with Crippen LogP contribution in [0.15, 0.2) is 0 Å². The van der Waals surface area contributed by atoms with Crippen LogP contribution in [0.4, 0.5) is 0 Å². The molecule has 130 valence electrons. The number of hydrogen-bond donors (Lipinski definition) is 0. The minimum absolute atomic E-state index is 0.0533. The van der Waals surface area contributed by atoms with Crippen molar-refractivity contribution in [2.45, 2.75) is 75.3 Å². The molecule has 0 aromatic heterocycles. The van der Waals surface area contributed by atoms with Crippen molar-refractivity contribution in [3.8, 4) is 0 Å². The number of halogens is 2. The fraction of sp³-hybridized carbons (Fsp3) is 0.867. The van der Waals surface area contributed by atoms with Gasteiger partial charge in [0.1, 0.15) is 0 Å². The van der Waals surface area contributed by atoms with Crippen molar-refractivity contribution < 1.29 is 28.5 Å². The van der Waals surface area contributed by atoms with E-state index in [1.165, 1.54) is 0 Å². The lowest BCUT2D eigenvalue weighted by molar-refractivity contribution is -0.255. The molecule has 0 aromatic carbocycles. The first kappa shape index (κ1) is 17.4. The number of alkyl halides is 2. The molecule has 3 aliphatic rings. The Balaban J connectivity index is 1.93. The van der Waals surface area contributed by atoms with Crippen molar-refractivity contribution in [2.24, 2.45) is 5.41 Å². The van der Waals surface area contributed by atoms with E-state index in [-0.39, 0.29) is 12.2 Å². The van der Waals surface area contributed by atoms with Gasteiger partial charge in [0.25, 0.3) is 0 Å². The Labute approximate surface area is 144 Å². The zero-order chi connectivity index (χ0) is 17.4. The fourth-order valence-electron chi connectivity index (χ4n) is 3.03. The van der Waals surface area contributed by atoms with Gasteiger partial charge in [-0.05, 0) is 34.6 Å². The summed E-state index contributed by atoms with van der Waals surface area (Å²) in [5, 5.41) is 0. The van der Waals surface area contributed by atoms with E-state index < -0.39 is 45.6 Å². The highest BCUT2D eigenvalue weighted by Crippen LogP contribution is 2.60. The summed E-state index contributed by atoms with van der Waals surface area (Å²) in [4.78, 5) is 24.2. The minimum Gasteiger partial charge on any atom is -0.456 e. The summed E-state index contributed by atoms with van der Waals surface area (Å²) in [6, 6.07) is 0. The van der Waals surface area contributed by atoms with Crippen molar-refractivity contribution >= 4 is 35.0 Å². The molecular weight excluding hydrogens is 347 g/mol. The van der Waals surface area contributed by atoms with Crippen LogP contribution >= 0.6 is 23.2 Å². The Morgan fingerprint density at radius 1 is 1.22 bits per heavy atom. The molecule has 1 spiro atoms. The van der Waals surface area contributed by atoms with Gasteiger partial charge in [-0.2, -0.15) is 0 Å². The van der Waals surface area contributed by atoms with Gasteiger partial charge in [0.2, 0.25) is 4.33 Å². The summed E-state index contributed by atoms with van der Waals surface area (Å²) < 4.78 is 21.2. The number of esters is 1. The van der Waals surface area contributed by atoms with Crippen molar-refractivity contribution in [1.82, 2.24) is 0 Å². The number of ether oxygens (including phenoxy) is 4. The molecule has 2 aliphatic heterocycles. The van der Waals surface area contributed by atoms with Gasteiger partial charge in [0.05, 0.1) is 5.41 Å². The largest absolute Gasteiger partial charge is 0.456 e. The third-order valence-corrected chi connectivity index (χ3v) is 5.39. The smallest absolute Gasteiger partial charge is 0.311 e. The van der Waals surface area contributed by atoms with E-state index in [1.807, 2.05) is 0 Å². The Morgan fingerprint density at radius 3 is 2.30 bits per heavy atom. The van der Waals surface area contributed by atoms with Gasteiger partial charge >= 0.3 is 5.97 Å². The minimum atomic E-state index is -1.79. The van der Waals surface area contributed by atoms with Gasteiger partial charge in [-0.1, -0.05) is 23.2 Å². The molecule has 1 unspecified atom stereocenters. The molecule has 1 saturated carbocycles. The highest BCUT2D eigenvalue weighted by atomic mass is 35.5. The molecule has 23 heavy (non-hydrogen) atoms. The third-order valence-electron chi connectivity index (χ3n) is 4.32. The summed E-state index contributed by atoms with van der Waals surface area (Å²) in [5.41, 5.74) is -2.08. The lowest BCUT2D eigenvalue weighted by Crippen LogP contribution is -2.70. The van der Waals surface area contributed by atoms with Gasteiger partial charge < -0.3 is 18.9 Å². The zero-order valence-corrected chi connectivity index (χ0v) is 15.2. The predicted molar refractivity (Wildman–Crippen MR) is 81.0 cm³/mol. The van der Waals surface area contributed by atoms with Crippen LogP contribution in [0.3, 0.4) is 0 Å². The fourth-order valence-corrected chi connectivity index (χ4v) is 3.60. The van der Waals surface area contributed by atoms with Crippen molar-refractivity contribution in [1.29, 1.82) is 0 Å². The van der Waals surface area contributed by atoms with Gasteiger partial charge in [0.15, 0.2) is 35.7 Å². The maximum absolute atomic E-state index is 12.3. The lowest BCUT2D eigenvalue weighted by atomic mass is 9.73. The molecule has 1 aliphatic carbocycles. The Morgan fingerprint density at radius 2 is 1.83 bits per heavy atom. The molecule has 0 aromatic rings. The number of carbonyl (C=O) groups excluding carboxylic acids is 2. The lowest BCUT2D eigenvalue weighted by Gasteiger charge is -2.50. The number of ketones is 1. The summed E-state index contributed by atoms with van der Waals surface area (Å²) in [6.07, 6.45) is -2.47. The summed E-state index contributed by atoms with van der Waals surface area (Å²) in [7, 11) is 0. The van der Waals surface area contributed by atoms with Crippen LogP contribution in [0.1, 0.15) is 41.0 Å². The average molecular weight is 367 g/mol. The molecule has 6 nitrogen and oxygen atoms in total. The van der Waals surface area contributed by atoms with Crippen LogP contribution in [0.2, 0.25) is 0 Å². The second kappa shape index (κ2) is 4.82. The van der Waals surface area contributed by atoms with E-state index in [1.54, 1.807) is 34.6 Å². The van der Waals surface area contributed by atoms with Crippen LogP contribution in [0, 0.1) is 5.41 Å². The van der Waals surface area contributed by atoms with Crippen LogP contribution < -0.4 is 0 Å². The van der Waals surface area contributed by atoms with E-state index in [0.29, 0.717) is 0 Å². The van der Waals surface area contributed by atoms with E-state index in [2.05, 4.69) is 0 Å². The van der Waals surface area contributed by atoms with E-state index >= 15 is 0 Å². The van der Waals surface area contributed by atoms with Crippen LogP contribution in [-0.2, 0) is 28.5 Å². The standard InChI is InChI=1S/C15H20Cl2O6/c1-12(2,3)11(19)20-9-8-10(22-13(4,5)21-8)23-14(9)6-7(18)15(14,16)17/h8-10H,6H2,1-5H3/t8?,9-,10-,14+/m0/s1. The summed E-state index contributed by atoms with van der Waals surface area (Å²) in [5.74, 6) is -1.72. The average Bonchev–Trinajstić information content (AvgIpc) is 2.81. The molecular formula is C15H20Cl2O6. The quantitative estimate of drug-likeness (QED) is 0.523. The molecule has 4 atom stereocenters. The van der Waals surface area contributed by atoms with Crippen LogP contribution in [0.5, 0.6) is 0 Å². The highest BCUT2D eigenvalue weighted by molar-refractivity contribution is 6.61. The van der Waals surface area contributed by atoms with E-state index in [9.17, 15) is 9.59 Å². The molecule has 2 heterocycles. The normalized spacial score (nSPS) is 40.8. The van der Waals surface area contributed by atoms with Crippen molar-refractivity contribution in [3.05, 3.63) is 0 Å². The van der Waals surface area contributed by atoms with Gasteiger partial charge in [-0.25, -0.2) is 0 Å². The number of rotatable bonds is 1. The second-order valence-electron chi connectivity index (χ2n) is 7.73. The second-order valence-corrected chi connectivity index (χ2v) is 9.05. The number of hydrogen-bond acceptors (Lipinski definition) is 6. The summed E-state index contributed by atoms with van der Waals surface area (Å²) in [6.45, 7) is 8.64. The topological polar surface area (TPSA) is 71.1 Å². The number of fused-ring (bicyclic) bond motifs is 1. The van der Waals surface area contributed by atoms with Crippen LogP contribution in [0.25, 0.3) is 0 Å². The Bertz CT molecular complexity index is 567. The molecule has 3 rings (SSSR count). The predicted octanol–water partition coefficient (Wildman–Crippen LogP) is 2.34. The maximum atomic E-state index is 12.3. The van der Waals surface area contributed by atoms with E-state index in [0.717, 1.165) is 0 Å². The number of Topliss-reactive ketones (excluding diaryl/α,β-unsaturated/α-hetero) is 1. The Hall–Kier alpha value is -0.400. The van der Waals surface area contributed by atoms with Gasteiger partial charge in [-0.3, -0.25) is 9.59 Å². The van der Waals surface area contributed by atoms with Crippen molar-refractivity contribution in [2.75, 3.05) is 0 Å². The van der Waals surface area contributed by atoms with E-state index in [4.69, 9.17) is 42.1 Å². The SMILES string of the molecule is CC1(C)OC2[C@@H](O1)O[C@]1(CC(=O)C1(Cl)Cl)[C@H]2OC(=O)C(C)(C)C. The Kier molecular flexibility index (Phi) is 3.65.